The van der Waals surface area contributed by atoms with E-state index in [0.717, 1.165) is 31.1 Å². The third-order valence-electron chi connectivity index (χ3n) is 2.26. The van der Waals surface area contributed by atoms with Crippen LogP contribution in [0.3, 0.4) is 0 Å². The quantitative estimate of drug-likeness (QED) is 0.533. The van der Waals surface area contributed by atoms with Crippen molar-refractivity contribution in [3.8, 4) is 5.75 Å². The third kappa shape index (κ3) is 3.70. The lowest BCUT2D eigenvalue weighted by Gasteiger charge is -2.07. The lowest BCUT2D eigenvalue weighted by molar-refractivity contribution is -0.107. The number of rotatable bonds is 6. The first-order chi connectivity index (χ1) is 7.27. The molecule has 0 fully saturated rings. The Kier molecular flexibility index (Phi) is 4.81. The fraction of sp³-hybridized carbons (Fsp3) is 0.417. The van der Waals surface area contributed by atoms with Crippen LogP contribution in [-0.4, -0.2) is 13.4 Å². The number of hydrogen-bond acceptors (Lipinski definition) is 2. The molecule has 2 nitrogen and oxygen atoms in total. The highest BCUT2D eigenvalue weighted by Gasteiger charge is 2.03. The maximum Gasteiger partial charge on any atom is 0.123 e. The molecule has 0 aromatic heterocycles. The number of benzene rings is 1. The van der Waals surface area contributed by atoms with E-state index in [9.17, 15) is 9.18 Å². The SMILES string of the molecule is COc1ccc(F)cc1CCCCC=O. The molecule has 82 valence electrons. The monoisotopic (exact) mass is 210 g/mol. The summed E-state index contributed by atoms with van der Waals surface area (Å²) < 4.78 is 18.1. The van der Waals surface area contributed by atoms with Crippen molar-refractivity contribution in [3.63, 3.8) is 0 Å². The van der Waals surface area contributed by atoms with Gasteiger partial charge in [0.2, 0.25) is 0 Å². The molecular formula is C12H15FO2. The van der Waals surface area contributed by atoms with E-state index in [2.05, 4.69) is 0 Å². The van der Waals surface area contributed by atoms with Crippen molar-refractivity contribution in [1.82, 2.24) is 0 Å². The summed E-state index contributed by atoms with van der Waals surface area (Å²) in [6.07, 6.45) is 3.93. The fourth-order valence-corrected chi connectivity index (χ4v) is 1.49. The van der Waals surface area contributed by atoms with E-state index in [4.69, 9.17) is 4.74 Å². The van der Waals surface area contributed by atoms with Crippen molar-refractivity contribution in [2.24, 2.45) is 0 Å². The molecule has 1 aromatic carbocycles. The van der Waals surface area contributed by atoms with E-state index < -0.39 is 0 Å². The van der Waals surface area contributed by atoms with E-state index in [1.807, 2.05) is 0 Å². The zero-order chi connectivity index (χ0) is 11.1. The van der Waals surface area contributed by atoms with E-state index in [1.54, 1.807) is 13.2 Å². The number of ether oxygens (including phenoxy) is 1. The molecule has 3 heteroatoms. The predicted molar refractivity (Wildman–Crippen MR) is 56.6 cm³/mol. The molecule has 0 aliphatic carbocycles. The van der Waals surface area contributed by atoms with Gasteiger partial charge < -0.3 is 9.53 Å². The molecular weight excluding hydrogens is 195 g/mol. The van der Waals surface area contributed by atoms with Gasteiger partial charge in [-0.25, -0.2) is 4.39 Å². The Balaban J connectivity index is 2.57. The van der Waals surface area contributed by atoms with Crippen molar-refractivity contribution >= 4 is 6.29 Å². The molecule has 0 saturated carbocycles. The van der Waals surface area contributed by atoms with Gasteiger partial charge in [-0.05, 0) is 43.0 Å². The number of aldehydes is 1. The Morgan fingerprint density at radius 3 is 2.87 bits per heavy atom. The summed E-state index contributed by atoms with van der Waals surface area (Å²) in [6.45, 7) is 0. The van der Waals surface area contributed by atoms with Crippen LogP contribution in [0.15, 0.2) is 18.2 Å². The van der Waals surface area contributed by atoms with E-state index in [-0.39, 0.29) is 5.82 Å². The molecule has 1 aromatic rings. The highest BCUT2D eigenvalue weighted by atomic mass is 19.1. The third-order valence-corrected chi connectivity index (χ3v) is 2.26. The average Bonchev–Trinajstić information content (AvgIpc) is 2.25. The van der Waals surface area contributed by atoms with Crippen LogP contribution in [0, 0.1) is 5.82 Å². The molecule has 0 N–H and O–H groups in total. The molecule has 15 heavy (non-hydrogen) atoms. The van der Waals surface area contributed by atoms with Crippen molar-refractivity contribution in [3.05, 3.63) is 29.6 Å². The molecule has 0 radical (unpaired) electrons. The number of halogens is 1. The molecule has 0 unspecified atom stereocenters. The highest BCUT2D eigenvalue weighted by molar-refractivity contribution is 5.49. The van der Waals surface area contributed by atoms with Crippen LogP contribution >= 0.6 is 0 Å². The summed E-state index contributed by atoms with van der Waals surface area (Å²) in [5, 5.41) is 0. The summed E-state index contributed by atoms with van der Waals surface area (Å²) in [5.41, 5.74) is 0.864. The van der Waals surface area contributed by atoms with Crippen molar-refractivity contribution in [2.45, 2.75) is 25.7 Å². The minimum absolute atomic E-state index is 0.249. The Morgan fingerprint density at radius 2 is 2.20 bits per heavy atom. The van der Waals surface area contributed by atoms with Gasteiger partial charge in [0.1, 0.15) is 17.9 Å². The molecule has 0 heterocycles. The first kappa shape index (κ1) is 11.7. The van der Waals surface area contributed by atoms with Crippen LogP contribution in [0.1, 0.15) is 24.8 Å². The van der Waals surface area contributed by atoms with Gasteiger partial charge in [-0.1, -0.05) is 0 Å². The molecule has 0 aliphatic rings. The zero-order valence-corrected chi connectivity index (χ0v) is 8.83. The maximum atomic E-state index is 12.9. The van der Waals surface area contributed by atoms with Crippen LogP contribution < -0.4 is 4.74 Å². The minimum Gasteiger partial charge on any atom is -0.496 e. The Labute approximate surface area is 89.1 Å². The minimum atomic E-state index is -0.249. The summed E-state index contributed by atoms with van der Waals surface area (Å²) >= 11 is 0. The van der Waals surface area contributed by atoms with Crippen LogP contribution in [0.5, 0.6) is 5.75 Å². The maximum absolute atomic E-state index is 12.9. The standard InChI is InChI=1S/C12H15FO2/c1-15-12-7-6-11(13)9-10(12)5-3-2-4-8-14/h6-9H,2-5H2,1H3. The van der Waals surface area contributed by atoms with Gasteiger partial charge in [-0.15, -0.1) is 0 Å². The Morgan fingerprint density at radius 1 is 1.40 bits per heavy atom. The van der Waals surface area contributed by atoms with E-state index >= 15 is 0 Å². The molecule has 0 atom stereocenters. The summed E-state index contributed by atoms with van der Waals surface area (Å²) in [6, 6.07) is 4.50. The van der Waals surface area contributed by atoms with Crippen molar-refractivity contribution in [1.29, 1.82) is 0 Å². The number of unbranched alkanes of at least 4 members (excludes halogenated alkanes) is 2. The van der Waals surface area contributed by atoms with Gasteiger partial charge >= 0.3 is 0 Å². The lowest BCUT2D eigenvalue weighted by atomic mass is 10.1. The number of aryl methyl sites for hydroxylation is 1. The molecule has 0 saturated heterocycles. The van der Waals surface area contributed by atoms with Crippen molar-refractivity contribution in [2.75, 3.05) is 7.11 Å². The van der Waals surface area contributed by atoms with Gasteiger partial charge in [0.05, 0.1) is 7.11 Å². The van der Waals surface area contributed by atoms with E-state index in [0.29, 0.717) is 12.2 Å². The second-order valence-corrected chi connectivity index (χ2v) is 3.37. The topological polar surface area (TPSA) is 26.3 Å². The molecule has 0 bridgehead atoms. The molecule has 0 aliphatic heterocycles. The van der Waals surface area contributed by atoms with Crippen molar-refractivity contribution < 1.29 is 13.9 Å². The lowest BCUT2D eigenvalue weighted by Crippen LogP contribution is -1.94. The zero-order valence-electron chi connectivity index (χ0n) is 8.83. The number of carbonyl (C=O) groups excluding carboxylic acids is 1. The summed E-state index contributed by atoms with van der Waals surface area (Å²) in [5.74, 6) is 0.462. The number of methoxy groups -OCH3 is 1. The Bertz CT molecular complexity index is 323. The number of hydrogen-bond donors (Lipinski definition) is 0. The van der Waals surface area contributed by atoms with E-state index in [1.165, 1.54) is 12.1 Å². The second kappa shape index (κ2) is 6.17. The smallest absolute Gasteiger partial charge is 0.123 e. The largest absolute Gasteiger partial charge is 0.496 e. The van der Waals surface area contributed by atoms with Gasteiger partial charge in [0, 0.05) is 6.42 Å². The van der Waals surface area contributed by atoms with Gasteiger partial charge in [-0.2, -0.15) is 0 Å². The Hall–Kier alpha value is -1.38. The average molecular weight is 210 g/mol. The molecule has 1 rings (SSSR count). The normalized spacial score (nSPS) is 10.0. The van der Waals surface area contributed by atoms with Gasteiger partial charge in [0.25, 0.3) is 0 Å². The predicted octanol–water partition coefficient (Wildman–Crippen LogP) is 2.75. The van der Waals surface area contributed by atoms with Gasteiger partial charge in [-0.3, -0.25) is 0 Å². The highest BCUT2D eigenvalue weighted by Crippen LogP contribution is 2.21. The first-order valence-electron chi connectivity index (χ1n) is 5.04. The van der Waals surface area contributed by atoms with Crippen LogP contribution in [-0.2, 0) is 11.2 Å². The van der Waals surface area contributed by atoms with Crippen LogP contribution in [0.4, 0.5) is 4.39 Å². The number of carbonyl (C=O) groups is 1. The van der Waals surface area contributed by atoms with Crippen LogP contribution in [0.2, 0.25) is 0 Å². The summed E-state index contributed by atoms with van der Waals surface area (Å²) in [4.78, 5) is 10.1. The molecule has 0 spiro atoms. The fourth-order valence-electron chi connectivity index (χ4n) is 1.49. The summed E-state index contributed by atoms with van der Waals surface area (Å²) in [7, 11) is 1.57. The second-order valence-electron chi connectivity index (χ2n) is 3.37. The first-order valence-corrected chi connectivity index (χ1v) is 5.04. The molecule has 0 amide bonds. The van der Waals surface area contributed by atoms with Gasteiger partial charge in [0.15, 0.2) is 0 Å². The van der Waals surface area contributed by atoms with Crippen LogP contribution in [0.25, 0.3) is 0 Å².